The molecule has 2 nitrogen and oxygen atoms in total. The maximum Gasteiger partial charge on any atom is 0.240 e. The summed E-state index contributed by atoms with van der Waals surface area (Å²) in [6, 6.07) is 0. The van der Waals surface area contributed by atoms with Crippen LogP contribution in [-0.2, 0) is 4.74 Å². The number of carbonyl (C=O) groups excluding carboxylic acids is 1. The lowest BCUT2D eigenvalue weighted by molar-refractivity contribution is 0.204. The minimum atomic E-state index is -0.813. The third kappa shape index (κ3) is 5.27. The van der Waals surface area contributed by atoms with Crippen LogP contribution in [0.15, 0.2) is 12.3 Å². The van der Waals surface area contributed by atoms with Gasteiger partial charge in [0.25, 0.3) is 0 Å². The Morgan fingerprint density at radius 1 is 1.86 bits per heavy atom. The molecule has 7 heavy (non-hydrogen) atoms. The van der Waals surface area contributed by atoms with Gasteiger partial charge in [0.1, 0.15) is 0 Å². The molecule has 0 aliphatic carbocycles. The number of ether oxygens (including phenoxy) is 1. The molecule has 0 aromatic carbocycles. The number of rotatable bonds is 1. The summed E-state index contributed by atoms with van der Waals surface area (Å²) in [5.41, 5.74) is 0. The van der Waals surface area contributed by atoms with Gasteiger partial charge < -0.3 is 4.74 Å². The van der Waals surface area contributed by atoms with E-state index in [1.165, 1.54) is 0 Å². The summed E-state index contributed by atoms with van der Waals surface area (Å²) in [5.74, 6) is -0.500. The van der Waals surface area contributed by atoms with Gasteiger partial charge >= 0.3 is 0 Å². The van der Waals surface area contributed by atoms with Crippen LogP contribution in [0, 0.1) is 0 Å². The van der Waals surface area contributed by atoms with Crippen molar-refractivity contribution in [3.63, 3.8) is 0 Å². The molecule has 0 saturated heterocycles. The fraction of sp³-hybridized carbons (Fsp3) is 0.250. The lowest BCUT2D eigenvalue weighted by Gasteiger charge is -1.94. The Kier molecular flexibility index (Phi) is 2.19. The van der Waals surface area contributed by atoms with Gasteiger partial charge in [-0.1, -0.05) is 6.58 Å². The zero-order valence-corrected chi connectivity index (χ0v) is 4.10. The van der Waals surface area contributed by atoms with Crippen molar-refractivity contribution < 1.29 is 9.53 Å². The Hall–Kier alpha value is -0.725. The van der Waals surface area contributed by atoms with E-state index in [2.05, 4.69) is 19.2 Å². The van der Waals surface area contributed by atoms with Crippen LogP contribution >= 0.6 is 0 Å². The van der Waals surface area contributed by atoms with Crippen molar-refractivity contribution in [2.75, 3.05) is 0 Å². The second-order valence-electron chi connectivity index (χ2n) is 1.12. The highest BCUT2D eigenvalue weighted by molar-refractivity contribution is 6.55. The summed E-state index contributed by atoms with van der Waals surface area (Å²) in [7, 11) is 4.57. The molecule has 2 radical (unpaired) electrons. The largest absolute Gasteiger partial charge is 0.441 e. The topological polar surface area (TPSA) is 26.3 Å². The quantitative estimate of drug-likeness (QED) is 0.356. The van der Waals surface area contributed by atoms with E-state index >= 15 is 0 Å². The molecule has 0 N–H and O–H groups in total. The van der Waals surface area contributed by atoms with Crippen LogP contribution in [0.2, 0.25) is 0 Å². The van der Waals surface area contributed by atoms with Crippen molar-refractivity contribution in [3.8, 4) is 0 Å². The summed E-state index contributed by atoms with van der Waals surface area (Å²) >= 11 is 0. The van der Waals surface area contributed by atoms with Gasteiger partial charge in [-0.3, -0.25) is 4.79 Å². The molecule has 0 atom stereocenters. The SMILES string of the molecule is [B]C(=O)OC(=C)C. The summed E-state index contributed by atoms with van der Waals surface area (Å²) in [5, 5.41) is 0. The highest BCUT2D eigenvalue weighted by Crippen LogP contribution is 1.87. The Balaban J connectivity index is 3.32. The molecule has 0 spiro atoms. The minimum Gasteiger partial charge on any atom is -0.441 e. The number of hydrogen-bond acceptors (Lipinski definition) is 2. The first-order chi connectivity index (χ1) is 3.13. The van der Waals surface area contributed by atoms with Crippen LogP contribution in [-0.4, -0.2) is 13.7 Å². The van der Waals surface area contributed by atoms with E-state index in [9.17, 15) is 4.79 Å². The van der Waals surface area contributed by atoms with E-state index in [0.29, 0.717) is 5.76 Å². The second-order valence-corrected chi connectivity index (χ2v) is 1.12. The van der Waals surface area contributed by atoms with Crippen molar-refractivity contribution >= 4 is 13.7 Å². The molecule has 0 aliphatic heterocycles. The van der Waals surface area contributed by atoms with Crippen LogP contribution in [0.1, 0.15) is 6.92 Å². The molecule has 0 rings (SSSR count). The van der Waals surface area contributed by atoms with Gasteiger partial charge in [-0.25, -0.2) is 0 Å². The number of hydrogen-bond donors (Lipinski definition) is 0. The van der Waals surface area contributed by atoms with Crippen LogP contribution in [0.25, 0.3) is 0 Å². The molecule has 0 unspecified atom stereocenters. The van der Waals surface area contributed by atoms with Crippen molar-refractivity contribution in [1.29, 1.82) is 0 Å². The van der Waals surface area contributed by atoms with Gasteiger partial charge in [0.05, 0.1) is 5.76 Å². The molecular formula is C4H5BO2. The number of allylic oxidation sites excluding steroid dienone is 1. The standard InChI is InChI=1S/C4H5BO2/c1-3(2)7-4(5)6/h1H2,2H3. The Bertz CT molecular complexity index is 85.9. The van der Waals surface area contributed by atoms with Gasteiger partial charge in [0.15, 0.2) is 0 Å². The Morgan fingerprint density at radius 3 is 2.29 bits per heavy atom. The normalized spacial score (nSPS) is 7.57. The van der Waals surface area contributed by atoms with E-state index < -0.39 is 5.87 Å². The van der Waals surface area contributed by atoms with Crippen molar-refractivity contribution in [2.24, 2.45) is 0 Å². The highest BCUT2D eigenvalue weighted by atomic mass is 16.5. The average Bonchev–Trinajstić information content (AvgIpc) is 1.27. The maximum atomic E-state index is 9.75. The first kappa shape index (κ1) is 6.27. The average molecular weight is 95.9 g/mol. The third-order valence-electron chi connectivity index (χ3n) is 0.275. The Morgan fingerprint density at radius 2 is 2.29 bits per heavy atom. The van der Waals surface area contributed by atoms with Crippen molar-refractivity contribution in [3.05, 3.63) is 12.3 Å². The van der Waals surface area contributed by atoms with Crippen LogP contribution < -0.4 is 0 Å². The zero-order valence-electron chi connectivity index (χ0n) is 4.10. The van der Waals surface area contributed by atoms with Crippen molar-refractivity contribution in [1.82, 2.24) is 0 Å². The second kappa shape index (κ2) is 2.45. The molecule has 0 heterocycles. The van der Waals surface area contributed by atoms with Gasteiger partial charge in [0.2, 0.25) is 13.7 Å². The van der Waals surface area contributed by atoms with Crippen LogP contribution in [0.4, 0.5) is 4.79 Å². The smallest absolute Gasteiger partial charge is 0.240 e. The predicted octanol–water partition coefficient (Wildman–Crippen LogP) is 0.825. The van der Waals surface area contributed by atoms with Gasteiger partial charge in [-0.15, -0.1) is 0 Å². The monoisotopic (exact) mass is 96.0 g/mol. The van der Waals surface area contributed by atoms with Gasteiger partial charge in [0, 0.05) is 0 Å². The molecule has 0 aliphatic rings. The fourth-order valence-corrected chi connectivity index (χ4v) is 0.172. The highest BCUT2D eigenvalue weighted by Gasteiger charge is 1.87. The fourth-order valence-electron chi connectivity index (χ4n) is 0.172. The summed E-state index contributed by atoms with van der Waals surface area (Å²) in [6.45, 7) is 4.82. The van der Waals surface area contributed by atoms with E-state index in [0.717, 1.165) is 0 Å². The first-order valence-electron chi connectivity index (χ1n) is 1.75. The molecule has 0 aromatic rings. The molecule has 0 saturated carbocycles. The van der Waals surface area contributed by atoms with E-state index in [1.54, 1.807) is 6.92 Å². The van der Waals surface area contributed by atoms with E-state index in [-0.39, 0.29) is 0 Å². The van der Waals surface area contributed by atoms with Crippen molar-refractivity contribution in [2.45, 2.75) is 6.92 Å². The summed E-state index contributed by atoms with van der Waals surface area (Å²) < 4.78 is 4.19. The zero-order chi connectivity index (χ0) is 5.86. The third-order valence-corrected chi connectivity index (χ3v) is 0.275. The van der Waals surface area contributed by atoms with Crippen LogP contribution in [0.5, 0.6) is 0 Å². The molecule has 0 bridgehead atoms. The lowest BCUT2D eigenvalue weighted by atomic mass is 10.2. The summed E-state index contributed by atoms with van der Waals surface area (Å²) in [6.07, 6.45) is 0. The van der Waals surface area contributed by atoms with E-state index in [4.69, 9.17) is 0 Å². The molecule has 0 amide bonds. The predicted molar refractivity (Wildman–Crippen MR) is 27.0 cm³/mol. The molecule has 0 fully saturated rings. The van der Waals surface area contributed by atoms with Gasteiger partial charge in [-0.05, 0) is 6.92 Å². The molecule has 36 valence electrons. The maximum absolute atomic E-state index is 9.75. The Labute approximate surface area is 43.6 Å². The van der Waals surface area contributed by atoms with Gasteiger partial charge in [-0.2, -0.15) is 0 Å². The molecular weight excluding hydrogens is 90.9 g/mol. The molecule has 0 aromatic heterocycles. The molecule has 3 heteroatoms. The summed E-state index contributed by atoms with van der Waals surface area (Å²) in [4.78, 5) is 9.75. The lowest BCUT2D eigenvalue weighted by Crippen LogP contribution is -1.96. The van der Waals surface area contributed by atoms with E-state index in [1.807, 2.05) is 0 Å². The number of carbonyl (C=O) groups is 1. The first-order valence-corrected chi connectivity index (χ1v) is 1.75. The minimum absolute atomic E-state index is 0.313. The van der Waals surface area contributed by atoms with Crippen LogP contribution in [0.3, 0.4) is 0 Å².